The Morgan fingerprint density at radius 3 is 2.33 bits per heavy atom. The molecule has 2 fully saturated rings. The molecule has 21 heavy (non-hydrogen) atoms. The Bertz CT molecular complexity index is 465. The minimum atomic E-state index is -0.533. The van der Waals surface area contributed by atoms with Crippen molar-refractivity contribution in [3.8, 4) is 6.07 Å². The molecule has 1 aliphatic heterocycles. The zero-order valence-electron chi connectivity index (χ0n) is 13.0. The third kappa shape index (κ3) is 3.63. The van der Waals surface area contributed by atoms with Gasteiger partial charge in [-0.3, -0.25) is 0 Å². The van der Waals surface area contributed by atoms with Crippen LogP contribution in [0.3, 0.4) is 0 Å². The van der Waals surface area contributed by atoms with Crippen molar-refractivity contribution in [2.75, 3.05) is 19.8 Å². The topological polar surface area (TPSA) is 68.6 Å². The van der Waals surface area contributed by atoms with Crippen LogP contribution in [-0.4, -0.2) is 31.6 Å². The zero-order valence-corrected chi connectivity index (χ0v) is 13.0. The molecule has 1 heterocycles. The fourth-order valence-corrected chi connectivity index (χ4v) is 2.68. The van der Waals surface area contributed by atoms with E-state index < -0.39 is 11.8 Å². The van der Waals surface area contributed by atoms with Crippen molar-refractivity contribution in [1.82, 2.24) is 0 Å². The Hall–Kier alpha value is -1.38. The highest BCUT2D eigenvalue weighted by Gasteiger charge is 2.42. The van der Waals surface area contributed by atoms with E-state index in [9.17, 15) is 10.1 Å². The Morgan fingerprint density at radius 2 is 1.86 bits per heavy atom. The van der Waals surface area contributed by atoms with Gasteiger partial charge in [-0.05, 0) is 25.3 Å². The summed E-state index contributed by atoms with van der Waals surface area (Å²) in [5.41, 5.74) is 1.06. The summed E-state index contributed by atoms with van der Waals surface area (Å²) < 4.78 is 16.8. The van der Waals surface area contributed by atoms with Crippen molar-refractivity contribution >= 4 is 5.97 Å². The first kappa shape index (κ1) is 16.0. The van der Waals surface area contributed by atoms with E-state index >= 15 is 0 Å². The molecule has 2 aliphatic rings. The van der Waals surface area contributed by atoms with Gasteiger partial charge in [-0.15, -0.1) is 0 Å². The molecule has 0 N–H and O–H groups in total. The molecule has 0 aromatic heterocycles. The largest absolute Gasteiger partial charge is 0.462 e. The molecule has 0 unspecified atom stereocenters. The SMILES string of the molecule is CCOC(=O)C(C#N)=C1CCC2(CC1)OCC(C)(C)CO2. The Morgan fingerprint density at radius 1 is 1.29 bits per heavy atom. The van der Waals surface area contributed by atoms with E-state index in [0.29, 0.717) is 38.9 Å². The third-order valence-corrected chi connectivity index (χ3v) is 4.01. The van der Waals surface area contributed by atoms with Crippen LogP contribution in [0.5, 0.6) is 0 Å². The normalized spacial score (nSPS) is 23.4. The number of nitrogens with zero attached hydrogens (tertiary/aromatic N) is 1. The van der Waals surface area contributed by atoms with Crippen LogP contribution in [0.2, 0.25) is 0 Å². The molecule has 1 aliphatic carbocycles. The Kier molecular flexibility index (Phi) is 4.70. The van der Waals surface area contributed by atoms with Crippen LogP contribution in [0.15, 0.2) is 11.1 Å². The van der Waals surface area contributed by atoms with Gasteiger partial charge in [0, 0.05) is 18.3 Å². The van der Waals surface area contributed by atoms with Gasteiger partial charge in [0.2, 0.25) is 0 Å². The summed E-state index contributed by atoms with van der Waals surface area (Å²) in [6.07, 6.45) is 2.65. The van der Waals surface area contributed by atoms with Crippen LogP contribution in [0, 0.1) is 16.7 Å². The van der Waals surface area contributed by atoms with E-state index in [4.69, 9.17) is 14.2 Å². The van der Waals surface area contributed by atoms with Gasteiger partial charge >= 0.3 is 5.97 Å². The predicted molar refractivity (Wildman–Crippen MR) is 76.2 cm³/mol. The first-order valence-electron chi connectivity index (χ1n) is 7.48. The summed E-state index contributed by atoms with van der Waals surface area (Å²) in [6, 6.07) is 1.98. The average Bonchev–Trinajstić information content (AvgIpc) is 2.46. The number of rotatable bonds is 2. The van der Waals surface area contributed by atoms with Gasteiger partial charge in [-0.2, -0.15) is 5.26 Å². The lowest BCUT2D eigenvalue weighted by Crippen LogP contribution is -2.48. The number of hydrogen-bond acceptors (Lipinski definition) is 5. The van der Waals surface area contributed by atoms with E-state index in [2.05, 4.69) is 13.8 Å². The van der Waals surface area contributed by atoms with E-state index in [1.807, 2.05) is 6.07 Å². The summed E-state index contributed by atoms with van der Waals surface area (Å²) in [7, 11) is 0. The maximum Gasteiger partial charge on any atom is 0.348 e. The molecule has 0 atom stereocenters. The Balaban J connectivity index is 2.03. The maximum absolute atomic E-state index is 11.8. The highest BCUT2D eigenvalue weighted by Crippen LogP contribution is 2.41. The summed E-state index contributed by atoms with van der Waals surface area (Å²) in [5, 5.41) is 9.17. The monoisotopic (exact) mass is 293 g/mol. The lowest BCUT2D eigenvalue weighted by Gasteiger charge is -2.45. The van der Waals surface area contributed by atoms with Crippen LogP contribution in [0.25, 0.3) is 0 Å². The van der Waals surface area contributed by atoms with Crippen LogP contribution in [0.4, 0.5) is 0 Å². The highest BCUT2D eigenvalue weighted by atomic mass is 16.7. The zero-order chi connectivity index (χ0) is 15.5. The molecule has 0 aromatic rings. The van der Waals surface area contributed by atoms with Gasteiger partial charge in [-0.25, -0.2) is 4.79 Å². The minimum absolute atomic E-state index is 0.0457. The number of esters is 1. The molecule has 0 amide bonds. The molecule has 5 nitrogen and oxygen atoms in total. The van der Waals surface area contributed by atoms with Gasteiger partial charge in [0.05, 0.1) is 19.8 Å². The second kappa shape index (κ2) is 6.17. The van der Waals surface area contributed by atoms with Gasteiger partial charge in [0.1, 0.15) is 11.6 Å². The van der Waals surface area contributed by atoms with Gasteiger partial charge < -0.3 is 14.2 Å². The number of carbonyl (C=O) groups is 1. The first-order chi connectivity index (χ1) is 9.91. The molecule has 0 bridgehead atoms. The number of nitriles is 1. The minimum Gasteiger partial charge on any atom is -0.462 e. The van der Waals surface area contributed by atoms with Crippen LogP contribution < -0.4 is 0 Å². The van der Waals surface area contributed by atoms with Crippen LogP contribution in [0.1, 0.15) is 46.5 Å². The van der Waals surface area contributed by atoms with Crippen molar-refractivity contribution in [2.45, 2.75) is 52.2 Å². The van der Waals surface area contributed by atoms with Crippen molar-refractivity contribution < 1.29 is 19.0 Å². The lowest BCUT2D eigenvalue weighted by atomic mass is 9.85. The number of hydrogen-bond donors (Lipinski definition) is 0. The highest BCUT2D eigenvalue weighted by molar-refractivity contribution is 5.93. The summed E-state index contributed by atoms with van der Waals surface area (Å²) in [6.45, 7) is 7.59. The van der Waals surface area contributed by atoms with Crippen molar-refractivity contribution in [1.29, 1.82) is 5.26 Å². The number of allylic oxidation sites excluding steroid dienone is 1. The van der Waals surface area contributed by atoms with Crippen molar-refractivity contribution in [2.24, 2.45) is 5.41 Å². The Labute approximate surface area is 125 Å². The fourth-order valence-electron chi connectivity index (χ4n) is 2.68. The van der Waals surface area contributed by atoms with Gasteiger partial charge in [0.25, 0.3) is 0 Å². The predicted octanol–water partition coefficient (Wildman–Crippen LogP) is 2.71. The molecule has 2 rings (SSSR count). The van der Waals surface area contributed by atoms with Crippen LogP contribution >= 0.6 is 0 Å². The van der Waals surface area contributed by atoms with Crippen molar-refractivity contribution in [3.05, 3.63) is 11.1 Å². The molecule has 0 radical (unpaired) electrons. The summed E-state index contributed by atoms with van der Waals surface area (Å²) in [5.74, 6) is -1.05. The smallest absolute Gasteiger partial charge is 0.348 e. The summed E-state index contributed by atoms with van der Waals surface area (Å²) in [4.78, 5) is 11.8. The molecule has 1 saturated carbocycles. The number of carbonyl (C=O) groups excluding carboxylic acids is 1. The average molecular weight is 293 g/mol. The van der Waals surface area contributed by atoms with Crippen LogP contribution in [-0.2, 0) is 19.0 Å². The molecular weight excluding hydrogens is 270 g/mol. The van der Waals surface area contributed by atoms with E-state index in [0.717, 1.165) is 5.57 Å². The van der Waals surface area contributed by atoms with Gasteiger partial charge in [0.15, 0.2) is 5.79 Å². The quantitative estimate of drug-likeness (QED) is 0.445. The van der Waals surface area contributed by atoms with E-state index in [1.54, 1.807) is 6.92 Å². The fraction of sp³-hybridized carbons (Fsp3) is 0.750. The molecule has 1 spiro atoms. The molecule has 1 saturated heterocycles. The molecule has 116 valence electrons. The second-order valence-electron chi connectivity index (χ2n) is 6.46. The van der Waals surface area contributed by atoms with E-state index in [-0.39, 0.29) is 17.6 Å². The first-order valence-corrected chi connectivity index (χ1v) is 7.48. The maximum atomic E-state index is 11.8. The molecule has 5 heteroatoms. The molecular formula is C16H23NO4. The molecule has 0 aromatic carbocycles. The lowest BCUT2D eigenvalue weighted by molar-refractivity contribution is -0.307. The van der Waals surface area contributed by atoms with E-state index in [1.165, 1.54) is 0 Å². The standard InChI is InChI=1S/C16H23NO4/c1-4-19-14(18)13(9-17)12-5-7-16(8-6-12)20-10-15(2,3)11-21-16/h4-8,10-11H2,1-3H3. The van der Waals surface area contributed by atoms with Crippen molar-refractivity contribution in [3.63, 3.8) is 0 Å². The number of ether oxygens (including phenoxy) is 3. The third-order valence-electron chi connectivity index (χ3n) is 4.01. The van der Waals surface area contributed by atoms with Gasteiger partial charge in [-0.1, -0.05) is 13.8 Å². The second-order valence-corrected chi connectivity index (χ2v) is 6.46. The summed E-state index contributed by atoms with van der Waals surface area (Å²) >= 11 is 0.